The van der Waals surface area contributed by atoms with Crippen LogP contribution in [-0.4, -0.2) is 62.6 Å². The van der Waals surface area contributed by atoms with E-state index in [0.717, 1.165) is 17.2 Å². The molecule has 1 aliphatic carbocycles. The average Bonchev–Trinajstić information content (AvgIpc) is 3.08. The van der Waals surface area contributed by atoms with Crippen molar-refractivity contribution in [2.24, 2.45) is 4.40 Å². The predicted octanol–water partition coefficient (Wildman–Crippen LogP) is 2.99. The highest BCUT2D eigenvalue weighted by Crippen LogP contribution is 2.42. The molecule has 4 aliphatic rings. The minimum Gasteiger partial charge on any atom is -0.422 e. The van der Waals surface area contributed by atoms with Gasteiger partial charge in [-0.1, -0.05) is 0 Å². The molecule has 3 heterocycles. The summed E-state index contributed by atoms with van der Waals surface area (Å²) in [4.78, 5) is 13.5. The monoisotopic (exact) mass is 478 g/mol. The molecule has 2 fully saturated rings. The van der Waals surface area contributed by atoms with E-state index in [1.807, 2.05) is 0 Å². The third-order valence-corrected chi connectivity index (χ3v) is 6.60. The van der Waals surface area contributed by atoms with E-state index in [1.165, 1.54) is 0 Å². The quantitative estimate of drug-likeness (QED) is 0.580. The van der Waals surface area contributed by atoms with Crippen molar-refractivity contribution in [3.8, 4) is 5.75 Å². The van der Waals surface area contributed by atoms with Gasteiger partial charge in [0.2, 0.25) is 10.0 Å². The van der Waals surface area contributed by atoms with Crippen LogP contribution in [0.2, 0.25) is 0 Å². The Hall–Kier alpha value is -2.21. The van der Waals surface area contributed by atoms with Crippen molar-refractivity contribution in [1.29, 1.82) is 0 Å². The van der Waals surface area contributed by atoms with E-state index in [1.54, 1.807) is 0 Å². The lowest BCUT2D eigenvalue weighted by atomic mass is 9.82. The van der Waals surface area contributed by atoms with Gasteiger partial charge < -0.3 is 14.4 Å². The van der Waals surface area contributed by atoms with Crippen molar-refractivity contribution >= 4 is 21.6 Å². The highest BCUT2D eigenvalue weighted by atomic mass is 32.2. The smallest absolute Gasteiger partial charge is 0.422 e. The van der Waals surface area contributed by atoms with Crippen molar-refractivity contribution in [3.05, 3.63) is 29.3 Å². The molecule has 1 saturated heterocycles. The molecule has 7 nitrogen and oxygen atoms in total. The first-order chi connectivity index (χ1) is 14.9. The van der Waals surface area contributed by atoms with E-state index in [-0.39, 0.29) is 37.0 Å². The Bertz CT molecular complexity index is 1050. The van der Waals surface area contributed by atoms with Crippen molar-refractivity contribution < 1.29 is 40.2 Å². The second-order valence-electron chi connectivity index (χ2n) is 8.31. The largest absolute Gasteiger partial charge is 0.482 e. The maximum atomic E-state index is 14.9. The number of ether oxygens (including phenoxy) is 2. The lowest BCUT2D eigenvalue weighted by Gasteiger charge is -2.30. The number of nitrogens with zero attached hydrogens (tertiary/aromatic N) is 2. The third kappa shape index (κ3) is 4.61. The predicted molar refractivity (Wildman–Crippen MR) is 105 cm³/mol. The fraction of sp³-hybridized carbons (Fsp3) is 0.600. The summed E-state index contributed by atoms with van der Waals surface area (Å²) in [5.41, 5.74) is -0.0150. The molecule has 32 heavy (non-hydrogen) atoms. The molecular weight excluding hydrogens is 456 g/mol. The van der Waals surface area contributed by atoms with Crippen LogP contribution in [0.25, 0.3) is 0 Å². The summed E-state index contributed by atoms with van der Waals surface area (Å²) in [6.45, 7) is -0.437. The van der Waals surface area contributed by atoms with Crippen LogP contribution in [0.1, 0.15) is 43.6 Å². The average molecular weight is 478 g/mol. The lowest BCUT2D eigenvalue weighted by Crippen LogP contribution is -2.51. The number of hydrogen-bond donors (Lipinski definition) is 0. The Labute approximate surface area is 182 Å². The number of hydrogen-bond acceptors (Lipinski definition) is 5. The van der Waals surface area contributed by atoms with Gasteiger partial charge in [0.25, 0.3) is 0 Å². The number of fused-ring (bicyclic) bond motifs is 5. The summed E-state index contributed by atoms with van der Waals surface area (Å²) in [5.74, 6) is -5.31. The first kappa shape index (κ1) is 23.0. The molecule has 1 aromatic rings. The van der Waals surface area contributed by atoms with Crippen molar-refractivity contribution in [2.75, 3.05) is 19.4 Å². The number of carbonyl (C=O) groups excluding carboxylic acids is 1. The number of amides is 1. The zero-order chi connectivity index (χ0) is 23.3. The zero-order valence-corrected chi connectivity index (χ0v) is 18.0. The van der Waals surface area contributed by atoms with Crippen molar-refractivity contribution in [1.82, 2.24) is 4.90 Å². The van der Waals surface area contributed by atoms with Crippen LogP contribution in [0.15, 0.2) is 16.5 Å². The molecule has 12 heteroatoms. The Morgan fingerprint density at radius 1 is 1.16 bits per heavy atom. The Kier molecular flexibility index (Phi) is 5.95. The first-order valence-electron chi connectivity index (χ1n) is 10.2. The van der Waals surface area contributed by atoms with E-state index >= 15 is 0 Å². The number of sulfonamides is 1. The summed E-state index contributed by atoms with van der Waals surface area (Å²) in [5, 5.41) is 0. The van der Waals surface area contributed by atoms with Gasteiger partial charge in [0.1, 0.15) is 5.82 Å². The van der Waals surface area contributed by atoms with E-state index < -0.39 is 51.4 Å². The Morgan fingerprint density at radius 3 is 2.50 bits per heavy atom. The van der Waals surface area contributed by atoms with E-state index in [4.69, 9.17) is 4.74 Å². The lowest BCUT2D eigenvalue weighted by molar-refractivity contribution is -0.205. The van der Waals surface area contributed by atoms with E-state index in [9.17, 15) is 30.8 Å². The fourth-order valence-corrected chi connectivity index (χ4v) is 5.22. The van der Waals surface area contributed by atoms with Crippen LogP contribution in [0.3, 0.4) is 0 Å². The molecule has 1 unspecified atom stereocenters. The topological polar surface area (TPSA) is 85.3 Å². The molecular formula is C20H22F4N2O5S. The van der Waals surface area contributed by atoms with Crippen LogP contribution >= 0.6 is 0 Å². The third-order valence-electron chi connectivity index (χ3n) is 6.03. The van der Waals surface area contributed by atoms with E-state index in [2.05, 4.69) is 9.13 Å². The van der Waals surface area contributed by atoms with Gasteiger partial charge >= 0.3 is 12.0 Å². The molecule has 1 amide bonds. The molecule has 2 bridgehead atoms. The number of alkyl halides is 2. The number of halogens is 4. The molecule has 176 valence electrons. The molecule has 1 saturated carbocycles. The second kappa shape index (κ2) is 8.29. The summed E-state index contributed by atoms with van der Waals surface area (Å²) in [6, 6.07) is 0.268. The van der Waals surface area contributed by atoms with Crippen LogP contribution in [0.5, 0.6) is 5.75 Å². The number of carbonyl (C=O) groups is 1. The Morgan fingerprint density at radius 2 is 1.84 bits per heavy atom. The molecule has 3 aliphatic heterocycles. The van der Waals surface area contributed by atoms with Crippen LogP contribution < -0.4 is 4.74 Å². The zero-order valence-electron chi connectivity index (χ0n) is 17.2. The standard InChI is InChI=1S/C20H22F4N2O5S/c1-32(28,29)25-16-6-7-26-17(16)10-30-13-4-2-11(3-5-13)14-8-12(21)9-15(22)18(14)31-20(23,24)19(26)27/h8-9,11,13,17H,2-7,10H2,1H3/b25-16+. The fourth-order valence-electron chi connectivity index (χ4n) is 4.58. The molecule has 0 radical (unpaired) electrons. The maximum Gasteiger partial charge on any atom is 0.482 e. The SMILES string of the molecule is CS(=O)(=O)/N=C1\CCN2C(=O)C(F)(F)Oc3c(F)cc(F)cc3C3CCC(CC3)OCC12. The van der Waals surface area contributed by atoms with Gasteiger partial charge in [-0.05, 0) is 37.7 Å². The summed E-state index contributed by atoms with van der Waals surface area (Å²) in [6.07, 6.45) is -2.08. The molecule has 1 atom stereocenters. The highest BCUT2D eigenvalue weighted by molar-refractivity contribution is 7.89. The van der Waals surface area contributed by atoms with Gasteiger partial charge in [-0.25, -0.2) is 17.2 Å². The highest BCUT2D eigenvalue weighted by Gasteiger charge is 2.51. The van der Waals surface area contributed by atoms with Crippen LogP contribution in [0, 0.1) is 11.6 Å². The van der Waals surface area contributed by atoms with E-state index in [0.29, 0.717) is 31.7 Å². The van der Waals surface area contributed by atoms with Crippen molar-refractivity contribution in [2.45, 2.75) is 56.3 Å². The number of benzene rings is 1. The summed E-state index contributed by atoms with van der Waals surface area (Å²) in [7, 11) is -3.83. The van der Waals surface area contributed by atoms with Gasteiger partial charge in [0.15, 0.2) is 11.6 Å². The van der Waals surface area contributed by atoms with Gasteiger partial charge in [-0.3, -0.25) is 4.79 Å². The molecule has 0 spiro atoms. The summed E-state index contributed by atoms with van der Waals surface area (Å²) < 4.78 is 95.6. The molecule has 0 aromatic heterocycles. The van der Waals surface area contributed by atoms with Crippen LogP contribution in [0.4, 0.5) is 17.6 Å². The summed E-state index contributed by atoms with van der Waals surface area (Å²) >= 11 is 0. The Balaban J connectivity index is 1.77. The molecule has 1 aromatic carbocycles. The van der Waals surface area contributed by atoms with Gasteiger partial charge in [0.05, 0.1) is 30.7 Å². The molecule has 0 N–H and O–H groups in total. The maximum absolute atomic E-state index is 14.9. The minimum absolute atomic E-state index is 0.0359. The van der Waals surface area contributed by atoms with Gasteiger partial charge in [-0.15, -0.1) is 0 Å². The van der Waals surface area contributed by atoms with Gasteiger partial charge in [-0.2, -0.15) is 13.2 Å². The number of rotatable bonds is 1. The first-order valence-corrected chi connectivity index (χ1v) is 12.1. The normalized spacial score (nSPS) is 29.5. The minimum atomic E-state index is -4.47. The molecule has 5 rings (SSSR count). The second-order valence-corrected chi connectivity index (χ2v) is 9.96. The van der Waals surface area contributed by atoms with Crippen molar-refractivity contribution in [3.63, 3.8) is 0 Å². The van der Waals surface area contributed by atoms with Gasteiger partial charge in [0, 0.05) is 24.6 Å². The van der Waals surface area contributed by atoms with Crippen LogP contribution in [-0.2, 0) is 19.6 Å².